The fourth-order valence-electron chi connectivity index (χ4n) is 1.67. The standard InChI is InChI=1S/C9H18N2O4S/c1-3-4-5-10-6-7-11(16(10,14)15)8(2)9(12)13/h8H,3-7H2,1-2H3,(H,12,13)/t8-/m1/s1. The van der Waals surface area contributed by atoms with Crippen LogP contribution in [0.4, 0.5) is 0 Å². The van der Waals surface area contributed by atoms with Crippen LogP contribution in [0.5, 0.6) is 0 Å². The van der Waals surface area contributed by atoms with Crippen molar-refractivity contribution in [1.29, 1.82) is 0 Å². The molecule has 0 unspecified atom stereocenters. The second-order valence-corrected chi connectivity index (χ2v) is 5.77. The van der Waals surface area contributed by atoms with Crippen molar-refractivity contribution in [3.63, 3.8) is 0 Å². The highest BCUT2D eigenvalue weighted by molar-refractivity contribution is 7.87. The van der Waals surface area contributed by atoms with Gasteiger partial charge in [0, 0.05) is 19.6 Å². The van der Waals surface area contributed by atoms with Gasteiger partial charge in [-0.1, -0.05) is 13.3 Å². The minimum Gasteiger partial charge on any atom is -0.480 e. The van der Waals surface area contributed by atoms with E-state index in [4.69, 9.17) is 5.11 Å². The first-order valence-corrected chi connectivity index (χ1v) is 6.80. The number of aliphatic carboxylic acids is 1. The lowest BCUT2D eigenvalue weighted by molar-refractivity contribution is -0.140. The van der Waals surface area contributed by atoms with Crippen LogP contribution in [0.1, 0.15) is 26.7 Å². The summed E-state index contributed by atoms with van der Waals surface area (Å²) >= 11 is 0. The highest BCUT2D eigenvalue weighted by Crippen LogP contribution is 2.19. The van der Waals surface area contributed by atoms with E-state index < -0.39 is 22.2 Å². The van der Waals surface area contributed by atoms with Crippen molar-refractivity contribution in [2.75, 3.05) is 19.6 Å². The summed E-state index contributed by atoms with van der Waals surface area (Å²) in [6.07, 6.45) is 1.72. The number of carbonyl (C=O) groups is 1. The Balaban J connectivity index is 2.76. The second kappa shape index (κ2) is 5.11. The van der Waals surface area contributed by atoms with Gasteiger partial charge in [0.25, 0.3) is 10.2 Å². The molecule has 1 aliphatic rings. The van der Waals surface area contributed by atoms with Crippen LogP contribution in [-0.2, 0) is 15.0 Å². The normalized spacial score (nSPS) is 23.4. The van der Waals surface area contributed by atoms with Crippen molar-refractivity contribution >= 4 is 16.2 Å². The third-order valence-corrected chi connectivity index (χ3v) is 4.85. The largest absolute Gasteiger partial charge is 0.480 e. The number of unbranched alkanes of at least 4 members (excludes halogenated alkanes) is 1. The predicted molar refractivity (Wildman–Crippen MR) is 59.2 cm³/mol. The van der Waals surface area contributed by atoms with Crippen LogP contribution in [0.2, 0.25) is 0 Å². The molecule has 0 aromatic carbocycles. The third-order valence-electron chi connectivity index (χ3n) is 2.74. The van der Waals surface area contributed by atoms with Crippen LogP contribution >= 0.6 is 0 Å². The Morgan fingerprint density at radius 2 is 2.06 bits per heavy atom. The van der Waals surface area contributed by atoms with E-state index in [0.717, 1.165) is 17.1 Å². The molecule has 94 valence electrons. The first-order chi connectivity index (χ1) is 7.41. The van der Waals surface area contributed by atoms with E-state index >= 15 is 0 Å². The van der Waals surface area contributed by atoms with E-state index in [9.17, 15) is 13.2 Å². The molecule has 16 heavy (non-hydrogen) atoms. The molecule has 0 aromatic rings. The molecule has 0 bridgehead atoms. The van der Waals surface area contributed by atoms with Crippen molar-refractivity contribution in [3.8, 4) is 0 Å². The Morgan fingerprint density at radius 3 is 2.56 bits per heavy atom. The highest BCUT2D eigenvalue weighted by Gasteiger charge is 2.41. The van der Waals surface area contributed by atoms with E-state index in [2.05, 4.69) is 0 Å². The maximum atomic E-state index is 11.9. The summed E-state index contributed by atoms with van der Waals surface area (Å²) in [4.78, 5) is 10.8. The molecule has 1 saturated heterocycles. The average molecular weight is 250 g/mol. The smallest absolute Gasteiger partial charge is 0.321 e. The number of hydrogen-bond donors (Lipinski definition) is 1. The quantitative estimate of drug-likeness (QED) is 0.752. The molecule has 7 heteroatoms. The molecule has 1 heterocycles. The summed E-state index contributed by atoms with van der Waals surface area (Å²) in [6, 6.07) is -0.989. The van der Waals surface area contributed by atoms with E-state index in [-0.39, 0.29) is 6.54 Å². The molecule has 0 radical (unpaired) electrons. The first-order valence-electron chi connectivity index (χ1n) is 5.41. The van der Waals surface area contributed by atoms with E-state index in [1.165, 1.54) is 11.2 Å². The van der Waals surface area contributed by atoms with Gasteiger partial charge in [0.05, 0.1) is 0 Å². The number of carboxylic acid groups (broad SMARTS) is 1. The Labute approximate surface area is 96.0 Å². The van der Waals surface area contributed by atoms with Crippen LogP contribution in [-0.4, -0.2) is 53.8 Å². The number of rotatable bonds is 5. The molecule has 6 nitrogen and oxygen atoms in total. The molecule has 1 fully saturated rings. The molecule has 1 N–H and O–H groups in total. The van der Waals surface area contributed by atoms with Gasteiger partial charge in [-0.25, -0.2) is 0 Å². The molecule has 0 saturated carbocycles. The highest BCUT2D eigenvalue weighted by atomic mass is 32.2. The predicted octanol–water partition coefficient (Wildman–Crippen LogP) is 0.122. The Kier molecular flexibility index (Phi) is 4.28. The number of hydrogen-bond acceptors (Lipinski definition) is 3. The van der Waals surface area contributed by atoms with E-state index in [1.807, 2.05) is 6.92 Å². The summed E-state index contributed by atoms with van der Waals surface area (Å²) in [5, 5.41) is 8.81. The van der Waals surface area contributed by atoms with Gasteiger partial charge < -0.3 is 5.11 Å². The van der Waals surface area contributed by atoms with Gasteiger partial charge in [-0.3, -0.25) is 4.79 Å². The SMILES string of the molecule is CCCCN1CCN([C@H](C)C(=O)O)S1(=O)=O. The van der Waals surface area contributed by atoms with Crippen molar-refractivity contribution in [2.24, 2.45) is 0 Å². The Hall–Kier alpha value is -0.660. The van der Waals surface area contributed by atoms with Gasteiger partial charge in [-0.15, -0.1) is 0 Å². The van der Waals surface area contributed by atoms with E-state index in [0.29, 0.717) is 13.1 Å². The van der Waals surface area contributed by atoms with Gasteiger partial charge in [0.15, 0.2) is 0 Å². The third kappa shape index (κ3) is 2.53. The molecule has 0 aromatic heterocycles. The van der Waals surface area contributed by atoms with E-state index in [1.54, 1.807) is 0 Å². The minimum absolute atomic E-state index is 0.263. The van der Waals surface area contributed by atoms with Crippen molar-refractivity contribution in [1.82, 2.24) is 8.61 Å². The van der Waals surface area contributed by atoms with Crippen molar-refractivity contribution in [3.05, 3.63) is 0 Å². The van der Waals surface area contributed by atoms with Crippen LogP contribution < -0.4 is 0 Å². The zero-order valence-corrected chi connectivity index (χ0v) is 10.4. The van der Waals surface area contributed by atoms with Gasteiger partial charge in [0.2, 0.25) is 0 Å². The Bertz CT molecular complexity index is 355. The summed E-state index contributed by atoms with van der Waals surface area (Å²) in [6.45, 7) is 4.50. The van der Waals surface area contributed by atoms with Crippen LogP contribution in [0.3, 0.4) is 0 Å². The van der Waals surface area contributed by atoms with Gasteiger partial charge in [-0.2, -0.15) is 17.0 Å². The number of nitrogens with zero attached hydrogens (tertiary/aromatic N) is 2. The summed E-state index contributed by atoms with van der Waals surface area (Å²) in [5.41, 5.74) is 0. The fraction of sp³-hybridized carbons (Fsp3) is 0.889. The topological polar surface area (TPSA) is 77.9 Å². The van der Waals surface area contributed by atoms with Gasteiger partial charge in [0.1, 0.15) is 6.04 Å². The molecule has 1 atom stereocenters. The average Bonchev–Trinajstić information content (AvgIpc) is 2.49. The van der Waals surface area contributed by atoms with Crippen LogP contribution in [0, 0.1) is 0 Å². The lowest BCUT2D eigenvalue weighted by atomic mass is 10.3. The summed E-state index contributed by atoms with van der Waals surface area (Å²) in [7, 11) is -3.56. The summed E-state index contributed by atoms with van der Waals surface area (Å²) < 4.78 is 26.3. The maximum Gasteiger partial charge on any atom is 0.321 e. The van der Waals surface area contributed by atoms with Crippen molar-refractivity contribution in [2.45, 2.75) is 32.7 Å². The lowest BCUT2D eigenvalue weighted by Gasteiger charge is -2.21. The zero-order valence-electron chi connectivity index (χ0n) is 9.59. The molecular formula is C9H18N2O4S. The fourth-order valence-corrected chi connectivity index (χ4v) is 3.44. The Morgan fingerprint density at radius 1 is 1.44 bits per heavy atom. The molecule has 1 rings (SSSR count). The van der Waals surface area contributed by atoms with Crippen LogP contribution in [0.25, 0.3) is 0 Å². The number of carboxylic acids is 1. The van der Waals surface area contributed by atoms with Gasteiger partial charge in [-0.05, 0) is 13.3 Å². The minimum atomic E-state index is -3.56. The zero-order chi connectivity index (χ0) is 12.3. The lowest BCUT2D eigenvalue weighted by Crippen LogP contribution is -2.42. The van der Waals surface area contributed by atoms with Crippen molar-refractivity contribution < 1.29 is 18.3 Å². The maximum absolute atomic E-state index is 11.9. The van der Waals surface area contributed by atoms with Gasteiger partial charge >= 0.3 is 5.97 Å². The second-order valence-electron chi connectivity index (χ2n) is 3.89. The molecule has 0 spiro atoms. The molecule has 0 amide bonds. The molecular weight excluding hydrogens is 232 g/mol. The monoisotopic (exact) mass is 250 g/mol. The molecule has 1 aliphatic heterocycles. The summed E-state index contributed by atoms with van der Waals surface area (Å²) in [5.74, 6) is -1.11. The molecule has 0 aliphatic carbocycles. The van der Waals surface area contributed by atoms with Crippen LogP contribution in [0.15, 0.2) is 0 Å². The first kappa shape index (κ1) is 13.4.